The van der Waals surface area contributed by atoms with Crippen LogP contribution in [0.4, 0.5) is 17.1 Å². The number of rotatable bonds is 9. The van der Waals surface area contributed by atoms with Crippen LogP contribution in [0.15, 0.2) is 48.5 Å². The van der Waals surface area contributed by atoms with Crippen molar-refractivity contribution < 1.29 is 23.9 Å². The molecule has 0 bridgehead atoms. The van der Waals surface area contributed by atoms with Gasteiger partial charge in [0.25, 0.3) is 11.8 Å². The maximum Gasteiger partial charge on any atom is 0.285 e. The zero-order chi connectivity index (χ0) is 29.8. The summed E-state index contributed by atoms with van der Waals surface area (Å²) >= 11 is 0. The molecule has 11 nitrogen and oxygen atoms in total. The lowest BCUT2D eigenvalue weighted by molar-refractivity contribution is -0.119. The highest BCUT2D eigenvalue weighted by Crippen LogP contribution is 2.30. The van der Waals surface area contributed by atoms with E-state index in [1.54, 1.807) is 41.2 Å². The smallest absolute Gasteiger partial charge is 0.285 e. The fourth-order valence-corrected chi connectivity index (χ4v) is 5.37. The molecule has 1 aromatic heterocycles. The van der Waals surface area contributed by atoms with Crippen LogP contribution in [0, 0.1) is 0 Å². The summed E-state index contributed by atoms with van der Waals surface area (Å²) in [5.41, 5.74) is 2.68. The third-order valence-electron chi connectivity index (χ3n) is 7.98. The number of anilines is 3. The summed E-state index contributed by atoms with van der Waals surface area (Å²) in [5.74, 6) is -0.548. The fraction of sp³-hybridized carbons (Fsp3) is 0.387. The monoisotopic (exact) mass is 572 g/mol. The Morgan fingerprint density at radius 1 is 1.00 bits per heavy atom. The molecule has 0 saturated carbocycles. The second-order valence-electron chi connectivity index (χ2n) is 10.6. The van der Waals surface area contributed by atoms with Crippen LogP contribution in [0.3, 0.4) is 0 Å². The molecule has 0 radical (unpaired) electrons. The summed E-state index contributed by atoms with van der Waals surface area (Å²) in [7, 11) is 3.37. The second-order valence-corrected chi connectivity index (χ2v) is 10.6. The van der Waals surface area contributed by atoms with Crippen LogP contribution in [-0.4, -0.2) is 67.1 Å². The van der Waals surface area contributed by atoms with E-state index in [4.69, 9.17) is 4.74 Å². The van der Waals surface area contributed by atoms with Crippen molar-refractivity contribution >= 4 is 40.7 Å². The van der Waals surface area contributed by atoms with Gasteiger partial charge >= 0.3 is 0 Å². The van der Waals surface area contributed by atoms with E-state index in [2.05, 4.69) is 15.5 Å². The molecule has 1 atom stereocenters. The molecule has 3 aromatic rings. The van der Waals surface area contributed by atoms with E-state index in [0.717, 1.165) is 23.4 Å². The molecule has 42 heavy (non-hydrogen) atoms. The highest BCUT2D eigenvalue weighted by molar-refractivity contribution is 6.22. The normalized spacial score (nSPS) is 15.8. The van der Waals surface area contributed by atoms with E-state index < -0.39 is 5.91 Å². The Bertz CT molecular complexity index is 1470. The van der Waals surface area contributed by atoms with Crippen LogP contribution in [0.1, 0.15) is 65.6 Å². The molecule has 11 heteroatoms. The highest BCUT2D eigenvalue weighted by atomic mass is 16.5. The molecule has 0 spiro atoms. The Balaban J connectivity index is 1.38. The average molecular weight is 573 g/mol. The maximum atomic E-state index is 13.9. The molecule has 220 valence electrons. The Morgan fingerprint density at radius 3 is 2.33 bits per heavy atom. The number of piperidine rings is 1. The highest BCUT2D eigenvalue weighted by Gasteiger charge is 2.35. The van der Waals surface area contributed by atoms with Crippen molar-refractivity contribution in [2.24, 2.45) is 0 Å². The van der Waals surface area contributed by atoms with Crippen molar-refractivity contribution in [2.45, 2.75) is 51.5 Å². The quantitative estimate of drug-likeness (QED) is 0.400. The number of carbonyl (C=O) groups is 4. The topological polar surface area (TPSA) is 128 Å². The number of fused-ring (bicyclic) bond motifs is 1. The van der Waals surface area contributed by atoms with Crippen molar-refractivity contribution in [2.75, 3.05) is 41.9 Å². The van der Waals surface area contributed by atoms with Crippen molar-refractivity contribution in [3.8, 4) is 5.75 Å². The number of nitrogens with one attached hydrogen (secondary N) is 2. The number of hydrogen-bond donors (Lipinski definition) is 2. The number of aromatic amines is 1. The molecule has 1 unspecified atom stereocenters. The Labute approximate surface area is 244 Å². The van der Waals surface area contributed by atoms with Gasteiger partial charge in [0.2, 0.25) is 11.8 Å². The standard InChI is InChI=1S/C31H36N6O5/c1-20(32-2)7-16-27(39)37(23-12-14-24(42-3)15-13-23)31(41)29-25-17-19-36(30(40)28(25)33-34-29)22-10-8-21(9-11-22)35-18-5-4-6-26(35)38/h8-15,20,32H,4-7,16-19H2,1-3H3,(H,33,34). The lowest BCUT2D eigenvalue weighted by Crippen LogP contribution is -2.40. The Hall–Kier alpha value is -4.51. The number of nitrogens with zero attached hydrogens (tertiary/aromatic N) is 4. The van der Waals surface area contributed by atoms with Gasteiger partial charge in [0.15, 0.2) is 5.69 Å². The Kier molecular flexibility index (Phi) is 8.67. The number of imide groups is 1. The van der Waals surface area contributed by atoms with Crippen LogP contribution < -0.4 is 24.8 Å². The van der Waals surface area contributed by atoms with Gasteiger partial charge in [0.1, 0.15) is 11.4 Å². The third kappa shape index (κ3) is 5.78. The summed E-state index contributed by atoms with van der Waals surface area (Å²) in [4.78, 5) is 57.7. The largest absolute Gasteiger partial charge is 0.497 e. The number of amides is 4. The minimum atomic E-state index is -0.587. The third-order valence-corrected chi connectivity index (χ3v) is 7.98. The number of H-pyrrole nitrogens is 1. The van der Waals surface area contributed by atoms with Crippen LogP contribution >= 0.6 is 0 Å². The molecule has 0 aliphatic carbocycles. The molecule has 2 aliphatic rings. The van der Waals surface area contributed by atoms with E-state index in [1.807, 2.05) is 38.2 Å². The molecule has 2 aliphatic heterocycles. The first-order valence-electron chi connectivity index (χ1n) is 14.3. The minimum absolute atomic E-state index is 0.0581. The van der Waals surface area contributed by atoms with E-state index in [1.165, 1.54) is 0 Å². The van der Waals surface area contributed by atoms with Crippen molar-refractivity contribution in [3.63, 3.8) is 0 Å². The SMILES string of the molecule is CNC(C)CCC(=O)N(C(=O)c1n[nH]c2c1CCN(c1ccc(N3CCCCC3=O)cc1)C2=O)c1ccc(OC)cc1. The lowest BCUT2D eigenvalue weighted by Gasteiger charge is -2.29. The number of hydrogen-bond acceptors (Lipinski definition) is 7. The molecular weight excluding hydrogens is 536 g/mol. The van der Waals surface area contributed by atoms with Gasteiger partial charge < -0.3 is 19.9 Å². The summed E-state index contributed by atoms with van der Waals surface area (Å²) in [6.45, 7) is 3.00. The van der Waals surface area contributed by atoms with Crippen LogP contribution in [-0.2, 0) is 16.0 Å². The number of ether oxygens (including phenoxy) is 1. The number of benzene rings is 2. The van der Waals surface area contributed by atoms with Crippen LogP contribution in [0.2, 0.25) is 0 Å². The molecule has 3 heterocycles. The predicted molar refractivity (Wildman–Crippen MR) is 159 cm³/mol. The van der Waals surface area contributed by atoms with Gasteiger partial charge in [-0.3, -0.25) is 24.3 Å². The van der Waals surface area contributed by atoms with Gasteiger partial charge in [0.05, 0.1) is 12.8 Å². The molecule has 2 aromatic carbocycles. The molecule has 1 fully saturated rings. The first kappa shape index (κ1) is 29.0. The number of carbonyl (C=O) groups excluding carboxylic acids is 4. The van der Waals surface area contributed by atoms with Crippen molar-refractivity contribution in [1.82, 2.24) is 15.5 Å². The van der Waals surface area contributed by atoms with E-state index >= 15 is 0 Å². The minimum Gasteiger partial charge on any atom is -0.497 e. The number of aromatic nitrogens is 2. The van der Waals surface area contributed by atoms with Crippen molar-refractivity contribution in [1.29, 1.82) is 0 Å². The van der Waals surface area contributed by atoms with E-state index in [9.17, 15) is 19.2 Å². The summed E-state index contributed by atoms with van der Waals surface area (Å²) < 4.78 is 5.24. The average Bonchev–Trinajstić information content (AvgIpc) is 3.46. The fourth-order valence-electron chi connectivity index (χ4n) is 5.37. The zero-order valence-corrected chi connectivity index (χ0v) is 24.2. The second kappa shape index (κ2) is 12.6. The van der Waals surface area contributed by atoms with Gasteiger partial charge in [-0.2, -0.15) is 5.10 Å². The first-order chi connectivity index (χ1) is 20.3. The molecule has 4 amide bonds. The molecular formula is C31H36N6O5. The van der Waals surface area contributed by atoms with Gasteiger partial charge in [-0.25, -0.2) is 4.90 Å². The van der Waals surface area contributed by atoms with Gasteiger partial charge in [-0.1, -0.05) is 0 Å². The summed E-state index contributed by atoms with van der Waals surface area (Å²) in [6, 6.07) is 14.2. The summed E-state index contributed by atoms with van der Waals surface area (Å²) in [6.07, 6.45) is 3.51. The lowest BCUT2D eigenvalue weighted by atomic mass is 10.0. The van der Waals surface area contributed by atoms with Crippen LogP contribution in [0.5, 0.6) is 5.75 Å². The molecule has 5 rings (SSSR count). The Morgan fingerprint density at radius 2 is 1.69 bits per heavy atom. The molecule has 1 saturated heterocycles. The van der Waals surface area contributed by atoms with Gasteiger partial charge in [-0.05, 0) is 88.2 Å². The molecule has 2 N–H and O–H groups in total. The van der Waals surface area contributed by atoms with Gasteiger partial charge in [0, 0.05) is 48.9 Å². The maximum absolute atomic E-state index is 13.9. The van der Waals surface area contributed by atoms with E-state index in [-0.39, 0.29) is 41.6 Å². The van der Waals surface area contributed by atoms with Crippen LogP contribution in [0.25, 0.3) is 0 Å². The summed E-state index contributed by atoms with van der Waals surface area (Å²) in [5, 5.41) is 10.1. The number of methoxy groups -OCH3 is 1. The first-order valence-corrected chi connectivity index (χ1v) is 14.3. The predicted octanol–water partition coefficient (Wildman–Crippen LogP) is 3.70. The van der Waals surface area contributed by atoms with E-state index in [0.29, 0.717) is 55.0 Å². The van der Waals surface area contributed by atoms with Crippen molar-refractivity contribution in [3.05, 3.63) is 65.5 Å². The van der Waals surface area contributed by atoms with Gasteiger partial charge in [-0.15, -0.1) is 0 Å². The zero-order valence-electron chi connectivity index (χ0n) is 24.2.